The lowest BCUT2D eigenvalue weighted by Crippen LogP contribution is -1.92. The first kappa shape index (κ1) is 16.6. The Kier molecular flexibility index (Phi) is 10.7. The summed E-state index contributed by atoms with van der Waals surface area (Å²) in [5, 5.41) is 0. The zero-order valence-electron chi connectivity index (χ0n) is 11.2. The van der Waals surface area contributed by atoms with Crippen molar-refractivity contribution in [1.29, 1.82) is 0 Å². The highest BCUT2D eigenvalue weighted by Gasteiger charge is 2.03. The van der Waals surface area contributed by atoms with Crippen LogP contribution in [-0.4, -0.2) is 0 Å². The van der Waals surface area contributed by atoms with Crippen LogP contribution in [0.1, 0.15) is 58.6 Å². The Morgan fingerprint density at radius 2 is 1.47 bits per heavy atom. The fourth-order valence-electron chi connectivity index (χ4n) is 1.23. The van der Waals surface area contributed by atoms with E-state index in [0.717, 1.165) is 5.56 Å². The maximum atomic E-state index is 12.7. The molecule has 0 heterocycles. The van der Waals surface area contributed by atoms with Crippen LogP contribution >= 0.6 is 0 Å². The average Bonchev–Trinajstić information content (AvgIpc) is 2.27. The van der Waals surface area contributed by atoms with Gasteiger partial charge in [-0.3, -0.25) is 0 Å². The van der Waals surface area contributed by atoms with Gasteiger partial charge in [0.1, 0.15) is 5.82 Å². The molecule has 0 saturated heterocycles. The molecule has 0 atom stereocenters. The summed E-state index contributed by atoms with van der Waals surface area (Å²) in [6.07, 6.45) is 0. The third-order valence-corrected chi connectivity index (χ3v) is 1.86. The van der Waals surface area contributed by atoms with E-state index in [9.17, 15) is 4.39 Å². The number of halogens is 1. The summed E-state index contributed by atoms with van der Waals surface area (Å²) in [5.41, 5.74) is 2.27. The molecule has 0 amide bonds. The van der Waals surface area contributed by atoms with Crippen LogP contribution in [0.15, 0.2) is 18.2 Å². The Bertz CT molecular complexity index is 252. The number of rotatable bonds is 1. The van der Waals surface area contributed by atoms with Gasteiger partial charge < -0.3 is 0 Å². The minimum atomic E-state index is -0.140. The fourth-order valence-corrected chi connectivity index (χ4v) is 1.23. The van der Waals surface area contributed by atoms with Gasteiger partial charge in [0.05, 0.1) is 0 Å². The maximum absolute atomic E-state index is 12.7. The number of hydrogen-bond donors (Lipinski definition) is 0. The van der Waals surface area contributed by atoms with Crippen molar-refractivity contribution in [2.75, 3.05) is 0 Å². The topological polar surface area (TPSA) is 0 Å². The van der Waals surface area contributed by atoms with Gasteiger partial charge in [-0.1, -0.05) is 47.6 Å². The molecule has 0 radical (unpaired) electrons. The quantitative estimate of drug-likeness (QED) is 0.591. The van der Waals surface area contributed by atoms with E-state index >= 15 is 0 Å². The van der Waals surface area contributed by atoms with Crippen molar-refractivity contribution in [3.8, 4) is 0 Å². The first-order chi connectivity index (χ1) is 7.11. The summed E-state index contributed by atoms with van der Waals surface area (Å²) in [6.45, 7) is 14.2. The minimum absolute atomic E-state index is 0.140. The van der Waals surface area contributed by atoms with Crippen molar-refractivity contribution >= 4 is 0 Å². The zero-order valence-corrected chi connectivity index (χ0v) is 11.2. The lowest BCUT2D eigenvalue weighted by molar-refractivity contribution is 0.622. The highest BCUT2D eigenvalue weighted by atomic mass is 19.1. The Hall–Kier alpha value is -0.850. The van der Waals surface area contributed by atoms with E-state index in [0.29, 0.717) is 5.92 Å². The Morgan fingerprint density at radius 3 is 1.80 bits per heavy atom. The highest BCUT2D eigenvalue weighted by molar-refractivity contribution is 5.28. The van der Waals surface area contributed by atoms with E-state index < -0.39 is 0 Å². The van der Waals surface area contributed by atoms with E-state index in [2.05, 4.69) is 13.8 Å². The molecule has 0 spiro atoms. The lowest BCUT2D eigenvalue weighted by Gasteiger charge is -2.08. The van der Waals surface area contributed by atoms with Crippen molar-refractivity contribution in [2.45, 2.75) is 54.4 Å². The first-order valence-corrected chi connectivity index (χ1v) is 5.87. The summed E-state index contributed by atoms with van der Waals surface area (Å²) in [4.78, 5) is 0. The number of hydrogen-bond acceptors (Lipinski definition) is 0. The van der Waals surface area contributed by atoms with Gasteiger partial charge in [-0.25, -0.2) is 4.39 Å². The molecule has 88 valence electrons. The van der Waals surface area contributed by atoms with Gasteiger partial charge in [-0.2, -0.15) is 0 Å². The van der Waals surface area contributed by atoms with Crippen LogP contribution in [0, 0.1) is 12.7 Å². The van der Waals surface area contributed by atoms with E-state index in [1.807, 2.05) is 40.7 Å². The predicted octanol–water partition coefficient (Wildman–Crippen LogP) is 5.31. The van der Waals surface area contributed by atoms with Crippen molar-refractivity contribution in [2.24, 2.45) is 0 Å². The van der Waals surface area contributed by atoms with Crippen molar-refractivity contribution in [3.05, 3.63) is 35.1 Å². The summed E-state index contributed by atoms with van der Waals surface area (Å²) >= 11 is 0. The van der Waals surface area contributed by atoms with Gasteiger partial charge in [0.15, 0.2) is 0 Å². The molecule has 0 bridgehead atoms. The second-order valence-electron chi connectivity index (χ2n) is 3.16. The van der Waals surface area contributed by atoms with Crippen LogP contribution in [0.5, 0.6) is 0 Å². The molecule has 0 aliphatic heterocycles. The van der Waals surface area contributed by atoms with Crippen LogP contribution in [0.2, 0.25) is 0 Å². The largest absolute Gasteiger partial charge is 0.207 e. The maximum Gasteiger partial charge on any atom is 0.123 e. The zero-order chi connectivity index (χ0) is 12.4. The molecule has 0 aliphatic rings. The van der Waals surface area contributed by atoms with Gasteiger partial charge in [0, 0.05) is 0 Å². The molecule has 0 aromatic heterocycles. The van der Waals surface area contributed by atoms with E-state index in [1.54, 1.807) is 6.07 Å². The normalized spacial score (nSPS) is 8.60. The molecular formula is C14H25F. The molecule has 1 aromatic carbocycles. The van der Waals surface area contributed by atoms with Gasteiger partial charge in [-0.05, 0) is 36.1 Å². The van der Waals surface area contributed by atoms with Gasteiger partial charge in [-0.15, -0.1) is 0 Å². The molecule has 1 aromatic rings. The third-order valence-electron chi connectivity index (χ3n) is 1.86. The molecule has 1 rings (SSSR count). The van der Waals surface area contributed by atoms with Crippen LogP contribution in [0.4, 0.5) is 4.39 Å². The molecule has 0 fully saturated rings. The SMILES string of the molecule is CC.CC.Cc1ccc(F)cc1C(C)C. The highest BCUT2D eigenvalue weighted by Crippen LogP contribution is 2.19. The second kappa shape index (κ2) is 9.70. The monoisotopic (exact) mass is 212 g/mol. The van der Waals surface area contributed by atoms with Crippen LogP contribution in [0.3, 0.4) is 0 Å². The standard InChI is InChI=1S/C10H13F.2C2H6/c1-7(2)10-6-9(11)5-4-8(10)3;2*1-2/h4-7H,1-3H3;2*1-2H3. The number of benzene rings is 1. The van der Waals surface area contributed by atoms with Gasteiger partial charge >= 0.3 is 0 Å². The summed E-state index contributed by atoms with van der Waals surface area (Å²) in [6, 6.07) is 4.94. The van der Waals surface area contributed by atoms with E-state index in [4.69, 9.17) is 0 Å². The van der Waals surface area contributed by atoms with Crippen molar-refractivity contribution in [3.63, 3.8) is 0 Å². The van der Waals surface area contributed by atoms with Crippen molar-refractivity contribution < 1.29 is 4.39 Å². The van der Waals surface area contributed by atoms with Crippen molar-refractivity contribution in [1.82, 2.24) is 0 Å². The molecule has 0 nitrogen and oxygen atoms in total. The third kappa shape index (κ3) is 6.27. The Labute approximate surface area is 94.5 Å². The molecule has 0 unspecified atom stereocenters. The summed E-state index contributed by atoms with van der Waals surface area (Å²) in [5.74, 6) is 0.269. The van der Waals surface area contributed by atoms with Crippen LogP contribution < -0.4 is 0 Å². The molecule has 0 saturated carbocycles. The molecule has 1 heteroatoms. The predicted molar refractivity (Wildman–Crippen MR) is 67.9 cm³/mol. The van der Waals surface area contributed by atoms with E-state index in [1.165, 1.54) is 11.6 Å². The lowest BCUT2D eigenvalue weighted by atomic mass is 9.98. The Morgan fingerprint density at radius 1 is 1.00 bits per heavy atom. The molecule has 0 aliphatic carbocycles. The molecular weight excluding hydrogens is 187 g/mol. The Balaban J connectivity index is 0. The van der Waals surface area contributed by atoms with Crippen LogP contribution in [-0.2, 0) is 0 Å². The van der Waals surface area contributed by atoms with E-state index in [-0.39, 0.29) is 5.82 Å². The smallest absolute Gasteiger partial charge is 0.123 e. The number of aryl methyl sites for hydroxylation is 1. The summed E-state index contributed by atoms with van der Waals surface area (Å²) < 4.78 is 12.7. The van der Waals surface area contributed by atoms with Gasteiger partial charge in [0.2, 0.25) is 0 Å². The average molecular weight is 212 g/mol. The second-order valence-corrected chi connectivity index (χ2v) is 3.16. The van der Waals surface area contributed by atoms with Gasteiger partial charge in [0.25, 0.3) is 0 Å². The molecule has 0 N–H and O–H groups in total. The fraction of sp³-hybridized carbons (Fsp3) is 0.571. The van der Waals surface area contributed by atoms with Crippen LogP contribution in [0.25, 0.3) is 0 Å². The summed E-state index contributed by atoms with van der Waals surface area (Å²) in [7, 11) is 0. The first-order valence-electron chi connectivity index (χ1n) is 5.87. The minimum Gasteiger partial charge on any atom is -0.207 e. The molecule has 15 heavy (non-hydrogen) atoms.